The van der Waals surface area contributed by atoms with E-state index in [4.69, 9.17) is 14.6 Å². The first-order chi connectivity index (χ1) is 9.06. The van der Waals surface area contributed by atoms with E-state index < -0.39 is 10.0 Å². The van der Waals surface area contributed by atoms with Gasteiger partial charge in [0.1, 0.15) is 5.75 Å². The Kier molecular flexibility index (Phi) is 6.79. The lowest BCUT2D eigenvalue weighted by molar-refractivity contribution is 0.0699. The van der Waals surface area contributed by atoms with Gasteiger partial charge in [-0.3, -0.25) is 0 Å². The van der Waals surface area contributed by atoms with E-state index in [1.807, 2.05) is 0 Å². The monoisotopic (exact) mass is 289 g/mol. The third kappa shape index (κ3) is 6.02. The Bertz CT molecular complexity index is 458. The van der Waals surface area contributed by atoms with Gasteiger partial charge in [0.2, 0.25) is 10.0 Å². The fourth-order valence-corrected chi connectivity index (χ4v) is 2.41. The smallest absolute Gasteiger partial charge is 0.240 e. The van der Waals surface area contributed by atoms with Crippen LogP contribution in [0.1, 0.15) is 6.42 Å². The number of phenolic OH excluding ortho intramolecular Hbond substituents is 1. The number of phenols is 1. The number of sulfonamides is 1. The number of ether oxygens (including phenoxy) is 2. The van der Waals surface area contributed by atoms with Crippen LogP contribution < -0.4 is 4.72 Å². The van der Waals surface area contributed by atoms with Crippen molar-refractivity contribution in [3.63, 3.8) is 0 Å². The van der Waals surface area contributed by atoms with Crippen LogP contribution in [0.15, 0.2) is 29.2 Å². The zero-order valence-electron chi connectivity index (χ0n) is 10.8. The van der Waals surface area contributed by atoms with Crippen LogP contribution in [-0.2, 0) is 19.5 Å². The SMILES string of the molecule is COCCOCCCNS(=O)(=O)c1ccc(O)cc1. The highest BCUT2D eigenvalue weighted by atomic mass is 32.2. The minimum Gasteiger partial charge on any atom is -0.508 e. The Labute approximate surface area is 113 Å². The van der Waals surface area contributed by atoms with Crippen LogP contribution in [0.4, 0.5) is 0 Å². The lowest BCUT2D eigenvalue weighted by Gasteiger charge is -2.07. The molecular formula is C12H19NO5S. The minimum absolute atomic E-state index is 0.0329. The number of aromatic hydroxyl groups is 1. The van der Waals surface area contributed by atoms with Gasteiger partial charge in [0.25, 0.3) is 0 Å². The molecule has 0 aromatic heterocycles. The predicted octanol–water partition coefficient (Wildman–Crippen LogP) is 0.724. The maximum Gasteiger partial charge on any atom is 0.240 e. The van der Waals surface area contributed by atoms with Gasteiger partial charge in [0.05, 0.1) is 18.1 Å². The quantitative estimate of drug-likeness (QED) is 0.654. The summed E-state index contributed by atoms with van der Waals surface area (Å²) in [5.41, 5.74) is 0. The fraction of sp³-hybridized carbons (Fsp3) is 0.500. The third-order valence-electron chi connectivity index (χ3n) is 2.34. The summed E-state index contributed by atoms with van der Waals surface area (Å²) in [6.45, 7) is 1.80. The van der Waals surface area contributed by atoms with Crippen LogP contribution in [0.3, 0.4) is 0 Å². The van der Waals surface area contributed by atoms with E-state index in [-0.39, 0.29) is 10.6 Å². The Morgan fingerprint density at radius 1 is 1.16 bits per heavy atom. The number of methoxy groups -OCH3 is 1. The molecule has 0 aliphatic heterocycles. The molecule has 6 nitrogen and oxygen atoms in total. The highest BCUT2D eigenvalue weighted by molar-refractivity contribution is 7.89. The highest BCUT2D eigenvalue weighted by Crippen LogP contribution is 2.13. The van der Waals surface area contributed by atoms with Crippen molar-refractivity contribution < 1.29 is 23.0 Å². The Morgan fingerprint density at radius 3 is 2.47 bits per heavy atom. The van der Waals surface area contributed by atoms with Crippen molar-refractivity contribution in [1.29, 1.82) is 0 Å². The summed E-state index contributed by atoms with van der Waals surface area (Å²) in [4.78, 5) is 0.130. The number of rotatable bonds is 9. The lowest BCUT2D eigenvalue weighted by atomic mass is 10.3. The molecule has 0 atom stereocenters. The number of nitrogens with one attached hydrogen (secondary N) is 1. The van der Waals surface area contributed by atoms with E-state index in [1.54, 1.807) is 7.11 Å². The van der Waals surface area contributed by atoms with Crippen LogP contribution in [0.5, 0.6) is 5.75 Å². The van der Waals surface area contributed by atoms with Crippen molar-refractivity contribution in [2.75, 3.05) is 33.5 Å². The van der Waals surface area contributed by atoms with Gasteiger partial charge < -0.3 is 14.6 Å². The molecule has 0 unspecified atom stereocenters. The van der Waals surface area contributed by atoms with Crippen LogP contribution >= 0.6 is 0 Å². The maximum atomic E-state index is 11.8. The second-order valence-electron chi connectivity index (χ2n) is 3.85. The van der Waals surface area contributed by atoms with Gasteiger partial charge in [-0.25, -0.2) is 13.1 Å². The molecule has 0 spiro atoms. The molecule has 0 aliphatic rings. The second kappa shape index (κ2) is 8.11. The summed E-state index contributed by atoms with van der Waals surface area (Å²) >= 11 is 0. The van der Waals surface area contributed by atoms with E-state index in [9.17, 15) is 8.42 Å². The van der Waals surface area contributed by atoms with Gasteiger partial charge in [0.15, 0.2) is 0 Å². The number of hydrogen-bond donors (Lipinski definition) is 2. The second-order valence-corrected chi connectivity index (χ2v) is 5.62. The van der Waals surface area contributed by atoms with Crippen molar-refractivity contribution in [1.82, 2.24) is 4.72 Å². The first kappa shape index (κ1) is 15.9. The number of hydrogen-bond acceptors (Lipinski definition) is 5. The van der Waals surface area contributed by atoms with Crippen LogP contribution in [-0.4, -0.2) is 47.0 Å². The third-order valence-corrected chi connectivity index (χ3v) is 3.81. The summed E-state index contributed by atoms with van der Waals surface area (Å²) in [6, 6.07) is 5.38. The Balaban J connectivity index is 2.29. The molecule has 0 fully saturated rings. The van der Waals surface area contributed by atoms with E-state index in [0.29, 0.717) is 32.8 Å². The zero-order valence-corrected chi connectivity index (χ0v) is 11.6. The van der Waals surface area contributed by atoms with Crippen LogP contribution in [0, 0.1) is 0 Å². The molecule has 0 radical (unpaired) electrons. The Hall–Kier alpha value is -1.15. The van der Waals surface area contributed by atoms with Crippen molar-refractivity contribution in [2.24, 2.45) is 0 Å². The molecular weight excluding hydrogens is 270 g/mol. The standard InChI is InChI=1S/C12H19NO5S/c1-17-9-10-18-8-2-7-13-19(15,16)12-5-3-11(14)4-6-12/h3-6,13-14H,2,7-10H2,1H3. The average molecular weight is 289 g/mol. The van der Waals surface area contributed by atoms with E-state index in [1.165, 1.54) is 24.3 Å². The van der Waals surface area contributed by atoms with Crippen molar-refractivity contribution >= 4 is 10.0 Å². The van der Waals surface area contributed by atoms with Gasteiger partial charge in [-0.05, 0) is 30.7 Å². The summed E-state index contributed by atoms with van der Waals surface area (Å²) in [7, 11) is -1.92. The van der Waals surface area contributed by atoms with Gasteiger partial charge >= 0.3 is 0 Å². The normalized spacial score (nSPS) is 11.6. The number of benzene rings is 1. The molecule has 0 amide bonds. The molecule has 0 heterocycles. The van der Waals surface area contributed by atoms with E-state index in [0.717, 1.165) is 0 Å². The van der Waals surface area contributed by atoms with Crippen LogP contribution in [0.2, 0.25) is 0 Å². The molecule has 1 aromatic rings. The van der Waals surface area contributed by atoms with Crippen LogP contribution in [0.25, 0.3) is 0 Å². The van der Waals surface area contributed by atoms with E-state index >= 15 is 0 Å². The minimum atomic E-state index is -3.52. The van der Waals surface area contributed by atoms with Crippen molar-refractivity contribution in [3.8, 4) is 5.75 Å². The van der Waals surface area contributed by atoms with Crippen molar-refractivity contribution in [2.45, 2.75) is 11.3 Å². The largest absolute Gasteiger partial charge is 0.508 e. The predicted molar refractivity (Wildman–Crippen MR) is 70.6 cm³/mol. The van der Waals surface area contributed by atoms with E-state index in [2.05, 4.69) is 4.72 Å². The van der Waals surface area contributed by atoms with Crippen molar-refractivity contribution in [3.05, 3.63) is 24.3 Å². The molecule has 0 aliphatic carbocycles. The summed E-state index contributed by atoms with van der Waals surface area (Å²) in [5.74, 6) is 0.0329. The topological polar surface area (TPSA) is 84.9 Å². The van der Waals surface area contributed by atoms with Gasteiger partial charge in [0, 0.05) is 20.3 Å². The molecule has 1 aromatic carbocycles. The highest BCUT2D eigenvalue weighted by Gasteiger charge is 2.12. The molecule has 1 rings (SSSR count). The molecule has 108 valence electrons. The summed E-state index contributed by atoms with van der Waals surface area (Å²) < 4.78 is 36.1. The van der Waals surface area contributed by atoms with Gasteiger partial charge in [-0.2, -0.15) is 0 Å². The van der Waals surface area contributed by atoms with Gasteiger partial charge in [-0.1, -0.05) is 0 Å². The Morgan fingerprint density at radius 2 is 1.84 bits per heavy atom. The molecule has 0 saturated carbocycles. The molecule has 0 bridgehead atoms. The first-order valence-corrected chi connectivity index (χ1v) is 7.40. The molecule has 19 heavy (non-hydrogen) atoms. The van der Waals surface area contributed by atoms with Gasteiger partial charge in [-0.15, -0.1) is 0 Å². The first-order valence-electron chi connectivity index (χ1n) is 5.91. The average Bonchev–Trinajstić information content (AvgIpc) is 2.38. The molecule has 7 heteroatoms. The molecule has 0 saturated heterocycles. The fourth-order valence-electron chi connectivity index (χ4n) is 1.33. The molecule has 2 N–H and O–H groups in total. The summed E-state index contributed by atoms with van der Waals surface area (Å²) in [6.07, 6.45) is 0.584. The summed E-state index contributed by atoms with van der Waals surface area (Å²) in [5, 5.41) is 9.10. The zero-order chi connectivity index (χ0) is 14.1. The maximum absolute atomic E-state index is 11.8. The lowest BCUT2D eigenvalue weighted by Crippen LogP contribution is -2.25.